The number of amides is 15. The Morgan fingerprint density at radius 1 is 0.565 bits per heavy atom. The first kappa shape index (κ1) is 90.8. The number of hydrogen-bond donors (Lipinski definition) is 21. The number of nitrogens with one attached hydrogen (secondary N) is 15. The van der Waals surface area contributed by atoms with Crippen molar-refractivity contribution in [2.45, 2.75) is 185 Å². The number of urea groups is 1. The van der Waals surface area contributed by atoms with Gasteiger partial charge in [-0.1, -0.05) is 69.7 Å². The molecule has 0 aliphatic rings. The molecule has 25 N–H and O–H groups in total. The van der Waals surface area contributed by atoms with Gasteiger partial charge in [-0.2, -0.15) is 0 Å². The fourth-order valence-corrected chi connectivity index (χ4v) is 12.3. The SMILES string of the molecule is Cc1ccc2ncn(CC(=O)N[C@@H](CCCNC(N)=O)C(=O)NC(Cc3c[nH]cn3)C(=O)N[C@@H](Cc3ccc(O)cc3)C(=O)NC(CC(C)C)C(=O)N[C@@H](CC(N)=O)C(=O)NC(Cc3c[nH]c4ccccc34)C(=O)N[C@H](C(=O)N[C@H](C(=O)N[C@@H](CCCNC(=N)N)C(=O)NC(CCC(N)=O)C(=O)N(C)C)[C@@H](C)O)C(C)C)c(=O)c2c1. The Labute approximate surface area is 661 Å². The number of guanidine groups is 1. The molecule has 0 aliphatic carbocycles. The van der Waals surface area contributed by atoms with Crippen LogP contribution in [0.15, 0.2) is 96.6 Å². The zero-order valence-corrected chi connectivity index (χ0v) is 65.2. The monoisotopic (exact) mass is 1600 g/mol. The Morgan fingerprint density at radius 3 is 1.69 bits per heavy atom. The number of imidazole rings is 1. The molecular formula is C75H105N23O17. The second kappa shape index (κ2) is 43.7. The molecule has 3 heterocycles. The molecule has 6 aromatic rings. The van der Waals surface area contributed by atoms with Gasteiger partial charge in [0.25, 0.3) is 5.56 Å². The second-order valence-electron chi connectivity index (χ2n) is 28.9. The Bertz CT molecular complexity index is 4510. The molecule has 115 heavy (non-hydrogen) atoms. The van der Waals surface area contributed by atoms with Crippen molar-refractivity contribution in [1.82, 2.24) is 93.2 Å². The van der Waals surface area contributed by atoms with Crippen molar-refractivity contribution in [3.63, 3.8) is 0 Å². The number of fused-ring (bicyclic) bond motifs is 2. The molecule has 3 aromatic carbocycles. The Kier molecular flexibility index (Phi) is 34.5. The van der Waals surface area contributed by atoms with Gasteiger partial charge in [0.2, 0.25) is 76.8 Å². The van der Waals surface area contributed by atoms with E-state index in [0.717, 1.165) is 17.1 Å². The molecule has 6 rings (SSSR count). The van der Waals surface area contributed by atoms with E-state index in [9.17, 15) is 77.3 Å². The van der Waals surface area contributed by atoms with Crippen LogP contribution < -0.4 is 92.3 Å². The number of aliphatic hydroxyl groups excluding tert-OH is 1. The third-order valence-corrected chi connectivity index (χ3v) is 18.3. The lowest BCUT2D eigenvalue weighted by Crippen LogP contribution is -2.63. The van der Waals surface area contributed by atoms with E-state index in [0.29, 0.717) is 27.5 Å². The van der Waals surface area contributed by atoms with E-state index in [1.54, 1.807) is 69.4 Å². The molecule has 40 heteroatoms. The highest BCUT2D eigenvalue weighted by atomic mass is 16.3. The molecule has 0 saturated carbocycles. The van der Waals surface area contributed by atoms with Crippen LogP contribution in [0.1, 0.15) is 108 Å². The quantitative estimate of drug-likeness (QED) is 0.00991. The summed E-state index contributed by atoms with van der Waals surface area (Å²) in [5.74, 6) is -14.3. The molecule has 0 aliphatic heterocycles. The predicted molar refractivity (Wildman–Crippen MR) is 419 cm³/mol. The van der Waals surface area contributed by atoms with E-state index in [1.807, 2.05) is 0 Å². The minimum Gasteiger partial charge on any atom is -0.508 e. The smallest absolute Gasteiger partial charge is 0.312 e. The number of likely N-dealkylation sites (N-methyl/N-ethyl adjacent to an activating group) is 1. The number of aryl methyl sites for hydroxylation is 1. The number of benzene rings is 3. The van der Waals surface area contributed by atoms with Crippen LogP contribution in [0.5, 0.6) is 5.75 Å². The third kappa shape index (κ3) is 28.9. The number of nitrogens with two attached hydrogens (primary N) is 4. The van der Waals surface area contributed by atoms with Crippen molar-refractivity contribution in [3.05, 3.63) is 125 Å². The fourth-order valence-electron chi connectivity index (χ4n) is 12.3. The molecule has 3 aromatic heterocycles. The number of phenolic OH excluding ortho intramolecular Hbond substituents is 1. The highest BCUT2D eigenvalue weighted by molar-refractivity contribution is 6.01. The number of aromatic hydroxyl groups is 1. The number of nitrogens with zero attached hydrogens (tertiary/aromatic N) is 4. The lowest BCUT2D eigenvalue weighted by Gasteiger charge is -2.30. The third-order valence-electron chi connectivity index (χ3n) is 18.3. The number of aromatic nitrogens is 5. The van der Waals surface area contributed by atoms with Gasteiger partial charge >= 0.3 is 6.03 Å². The summed E-state index contributed by atoms with van der Waals surface area (Å²) in [4.78, 5) is 224. The molecule has 0 bridgehead atoms. The van der Waals surface area contributed by atoms with Gasteiger partial charge in [0, 0.05) is 76.2 Å². The first-order valence-electron chi connectivity index (χ1n) is 37.2. The van der Waals surface area contributed by atoms with Crippen LogP contribution in [0.4, 0.5) is 4.79 Å². The van der Waals surface area contributed by atoms with Crippen molar-refractivity contribution < 1.29 is 77.3 Å². The maximum atomic E-state index is 15.0. The Balaban J connectivity index is 1.26. The summed E-state index contributed by atoms with van der Waals surface area (Å²) >= 11 is 0. The molecule has 40 nitrogen and oxygen atoms in total. The van der Waals surface area contributed by atoms with Crippen LogP contribution in [-0.4, -0.2) is 222 Å². The molecule has 4 unspecified atom stereocenters. The number of aliphatic hydroxyl groups is 1. The van der Waals surface area contributed by atoms with Gasteiger partial charge in [-0.15, -0.1) is 0 Å². The van der Waals surface area contributed by atoms with Crippen LogP contribution in [0.25, 0.3) is 21.8 Å². The largest absolute Gasteiger partial charge is 0.508 e. The standard InChI is InChI=1S/C75H105N23O17/c1-38(2)27-53(90-66(107)54(29-42-18-20-45(100)21-19-42)91-67(108)56(31-44-34-81-36-85-44)93-63(104)50(15-12-26-83-75(80)115)87-60(103)35-98-37-86-49-22-17-40(5)28-47(49)72(98)113)65(106)94-57(32-59(77)102)68(109)92-55(30-43-33-84-48-14-10-9-13-46(43)48)69(110)95-61(39(3)4)70(111)96-62(41(6)99)71(112)88-51(16-11-25-82-74(78)79)64(105)89-52(23-24-58(76)101)73(114)97(7)8/h9-10,13-14,17-22,28,33-34,36-39,41,50-57,61-62,84,99-100H,11-12,15-16,23-27,29-32,35H2,1-8H3,(H2,76,101)(H2,77,102)(H,81,85)(H,87,103)(H,88,112)(H,89,105)(H,90,107)(H,91,108)(H,92,109)(H,93,104)(H,94,106)(H,95,110)(H,96,111)(H4,78,79,82)(H3,80,83,115)/t41-,50+,51+,52?,53?,54+,55?,56?,57+,61+,62+/m1/s1. The summed E-state index contributed by atoms with van der Waals surface area (Å²) in [5.41, 5.74) is 24.1. The number of para-hydroxylation sites is 1. The second-order valence-corrected chi connectivity index (χ2v) is 28.9. The van der Waals surface area contributed by atoms with Crippen LogP contribution in [0, 0.1) is 24.2 Å². The normalized spacial score (nSPS) is 14.1. The summed E-state index contributed by atoms with van der Waals surface area (Å²) in [6, 6.07) is 0.640. The molecule has 622 valence electrons. The van der Waals surface area contributed by atoms with Gasteiger partial charge in [0.15, 0.2) is 5.96 Å². The average Bonchev–Trinajstić information content (AvgIpc) is 0.953. The van der Waals surface area contributed by atoms with Crippen LogP contribution in [0.3, 0.4) is 0 Å². The van der Waals surface area contributed by atoms with Crippen molar-refractivity contribution >= 4 is 111 Å². The number of rotatable bonds is 45. The first-order valence-corrected chi connectivity index (χ1v) is 37.2. The van der Waals surface area contributed by atoms with Gasteiger partial charge in [0.1, 0.15) is 72.7 Å². The maximum absolute atomic E-state index is 15.0. The van der Waals surface area contributed by atoms with E-state index in [4.69, 9.17) is 28.3 Å². The van der Waals surface area contributed by atoms with E-state index in [1.165, 1.54) is 76.0 Å². The minimum absolute atomic E-state index is 0.0438. The number of carbonyl (C=O) groups is 14. The Morgan fingerprint density at radius 2 is 1.10 bits per heavy atom. The summed E-state index contributed by atoms with van der Waals surface area (Å²) in [6.07, 6.45) is 1.07. The van der Waals surface area contributed by atoms with Gasteiger partial charge in [0.05, 0.1) is 41.8 Å². The van der Waals surface area contributed by atoms with Crippen molar-refractivity contribution in [1.29, 1.82) is 5.41 Å². The van der Waals surface area contributed by atoms with Crippen LogP contribution in [-0.2, 0) is 88.1 Å². The van der Waals surface area contributed by atoms with Crippen molar-refractivity contribution in [3.8, 4) is 5.75 Å². The van der Waals surface area contributed by atoms with Crippen molar-refractivity contribution in [2.24, 2.45) is 34.8 Å². The van der Waals surface area contributed by atoms with Crippen LogP contribution in [0.2, 0.25) is 0 Å². The molecule has 0 spiro atoms. The van der Waals surface area contributed by atoms with Gasteiger partial charge < -0.3 is 112 Å². The van der Waals surface area contributed by atoms with Crippen LogP contribution >= 0.6 is 0 Å². The number of H-pyrrole nitrogens is 2. The fraction of sp³-hybridized carbons (Fsp3) is 0.467. The zero-order chi connectivity index (χ0) is 84.9. The highest BCUT2D eigenvalue weighted by Gasteiger charge is 2.39. The molecule has 0 radical (unpaired) electrons. The predicted octanol–water partition coefficient (Wildman–Crippen LogP) is -3.79. The molecule has 0 saturated heterocycles. The summed E-state index contributed by atoms with van der Waals surface area (Å²) in [6.45, 7) is 8.79. The maximum Gasteiger partial charge on any atom is 0.312 e. The van der Waals surface area contributed by atoms with Gasteiger partial charge in [-0.3, -0.25) is 77.1 Å². The lowest BCUT2D eigenvalue weighted by atomic mass is 9.99. The summed E-state index contributed by atoms with van der Waals surface area (Å²) in [7, 11) is 2.83. The number of carbonyl (C=O) groups excluding carboxylic acids is 14. The van der Waals surface area contributed by atoms with E-state index >= 15 is 4.79 Å². The summed E-state index contributed by atoms with van der Waals surface area (Å²) < 4.78 is 1.05. The average molecular weight is 1600 g/mol. The Hall–Kier alpha value is -13.0. The lowest BCUT2D eigenvalue weighted by molar-refractivity contribution is -0.138. The van der Waals surface area contributed by atoms with E-state index < -0.39 is 186 Å². The highest BCUT2D eigenvalue weighted by Crippen LogP contribution is 2.21. The summed E-state index contributed by atoms with van der Waals surface area (Å²) in [5, 5.41) is 60.5. The topological polar surface area (TPSA) is 634 Å². The molecular weight excluding hydrogens is 1490 g/mol. The number of aromatic amines is 2. The zero-order valence-electron chi connectivity index (χ0n) is 65.2. The first-order chi connectivity index (χ1) is 54.4. The van der Waals surface area contributed by atoms with Crippen molar-refractivity contribution in [2.75, 3.05) is 27.2 Å². The van der Waals surface area contributed by atoms with E-state index in [2.05, 4.69) is 83.7 Å². The molecule has 0 fully saturated rings. The van der Waals surface area contributed by atoms with Gasteiger partial charge in [-0.25, -0.2) is 14.8 Å². The number of phenols is 1. The molecule has 11 atom stereocenters. The number of primary amides is 3. The van der Waals surface area contributed by atoms with Gasteiger partial charge in [-0.05, 0) is 106 Å². The molecule has 15 amide bonds. The minimum atomic E-state index is -1.90. The number of hydrogen-bond acceptors (Lipinski definition) is 20. The van der Waals surface area contributed by atoms with E-state index in [-0.39, 0.29) is 94.1 Å².